The number of H-pyrrole nitrogens is 3. The summed E-state index contributed by atoms with van der Waals surface area (Å²) in [6.45, 7) is 3.09. The minimum absolute atomic E-state index is 0.105. The number of amides is 1. The summed E-state index contributed by atoms with van der Waals surface area (Å²) in [5, 5.41) is 7.21. The SMILES string of the molecule is Cc1ccccc1-c1cc(C(=O)N2CCCC3(CC2)Cc2c([nH]c(=O)[nH]c2=O)O3)[nH]n1. The van der Waals surface area contributed by atoms with Gasteiger partial charge in [0.25, 0.3) is 11.5 Å². The number of aromatic nitrogens is 4. The van der Waals surface area contributed by atoms with Gasteiger partial charge in [0, 0.05) is 31.5 Å². The lowest BCUT2D eigenvalue weighted by Crippen LogP contribution is -2.37. The van der Waals surface area contributed by atoms with E-state index in [1.807, 2.05) is 31.2 Å². The maximum atomic E-state index is 13.1. The predicted molar refractivity (Wildman–Crippen MR) is 113 cm³/mol. The molecule has 0 aliphatic carbocycles. The lowest BCUT2D eigenvalue weighted by Gasteiger charge is -2.27. The summed E-state index contributed by atoms with van der Waals surface area (Å²) in [6.07, 6.45) is 2.44. The first-order valence-corrected chi connectivity index (χ1v) is 10.4. The van der Waals surface area contributed by atoms with Gasteiger partial charge < -0.3 is 9.64 Å². The number of hydrogen-bond donors (Lipinski definition) is 3. The average molecular weight is 421 g/mol. The number of carbonyl (C=O) groups is 1. The molecule has 1 amide bonds. The zero-order chi connectivity index (χ0) is 21.6. The summed E-state index contributed by atoms with van der Waals surface area (Å²) < 4.78 is 6.05. The third-order valence-electron chi connectivity index (χ3n) is 6.23. The molecule has 1 fully saturated rings. The molecule has 1 spiro atoms. The summed E-state index contributed by atoms with van der Waals surface area (Å²) in [4.78, 5) is 43.4. The van der Waals surface area contributed by atoms with E-state index in [1.54, 1.807) is 11.0 Å². The van der Waals surface area contributed by atoms with Crippen LogP contribution in [0.3, 0.4) is 0 Å². The monoisotopic (exact) mass is 421 g/mol. The first-order chi connectivity index (χ1) is 14.9. The van der Waals surface area contributed by atoms with E-state index in [-0.39, 0.29) is 11.8 Å². The molecule has 5 rings (SSSR count). The van der Waals surface area contributed by atoms with Gasteiger partial charge in [0.1, 0.15) is 11.3 Å². The maximum absolute atomic E-state index is 13.1. The van der Waals surface area contributed by atoms with Gasteiger partial charge in [-0.3, -0.25) is 24.7 Å². The van der Waals surface area contributed by atoms with E-state index >= 15 is 0 Å². The molecule has 160 valence electrons. The first kappa shape index (κ1) is 19.3. The summed E-state index contributed by atoms with van der Waals surface area (Å²) in [7, 11) is 0. The number of ether oxygens (including phenoxy) is 1. The van der Waals surface area contributed by atoms with Crippen LogP contribution >= 0.6 is 0 Å². The predicted octanol–water partition coefficient (Wildman–Crippen LogP) is 1.76. The van der Waals surface area contributed by atoms with Crippen LogP contribution in [0.15, 0.2) is 39.9 Å². The minimum atomic E-state index is -0.574. The molecular formula is C22H23N5O4. The number of carbonyl (C=O) groups excluding carboxylic acids is 1. The second-order valence-corrected chi connectivity index (χ2v) is 8.31. The quantitative estimate of drug-likeness (QED) is 0.582. The van der Waals surface area contributed by atoms with E-state index in [4.69, 9.17) is 4.74 Å². The number of hydrogen-bond acceptors (Lipinski definition) is 5. The van der Waals surface area contributed by atoms with Crippen LogP contribution in [0.4, 0.5) is 0 Å². The third kappa shape index (κ3) is 3.45. The molecule has 3 N–H and O–H groups in total. The molecule has 9 nitrogen and oxygen atoms in total. The fourth-order valence-electron chi connectivity index (χ4n) is 4.56. The molecule has 31 heavy (non-hydrogen) atoms. The Morgan fingerprint density at radius 3 is 2.84 bits per heavy atom. The molecule has 0 saturated carbocycles. The van der Waals surface area contributed by atoms with Crippen molar-refractivity contribution in [2.75, 3.05) is 13.1 Å². The van der Waals surface area contributed by atoms with Gasteiger partial charge in [-0.25, -0.2) is 4.79 Å². The van der Waals surface area contributed by atoms with Crippen molar-refractivity contribution in [3.8, 4) is 17.1 Å². The summed E-state index contributed by atoms with van der Waals surface area (Å²) in [6, 6.07) is 9.70. The fraction of sp³-hybridized carbons (Fsp3) is 0.364. The van der Waals surface area contributed by atoms with E-state index in [0.717, 1.165) is 23.2 Å². The number of benzene rings is 1. The largest absolute Gasteiger partial charge is 0.471 e. The third-order valence-corrected chi connectivity index (χ3v) is 6.23. The molecule has 0 radical (unpaired) electrons. The highest BCUT2D eigenvalue weighted by Crippen LogP contribution is 2.38. The van der Waals surface area contributed by atoms with Crippen LogP contribution in [-0.2, 0) is 6.42 Å². The molecular weight excluding hydrogens is 398 g/mol. The van der Waals surface area contributed by atoms with E-state index in [2.05, 4.69) is 20.2 Å². The van der Waals surface area contributed by atoms with Gasteiger partial charge in [0.2, 0.25) is 5.88 Å². The van der Waals surface area contributed by atoms with E-state index in [0.29, 0.717) is 43.6 Å². The normalized spacial score (nSPS) is 20.4. The van der Waals surface area contributed by atoms with Gasteiger partial charge >= 0.3 is 5.69 Å². The molecule has 1 atom stereocenters. The number of nitrogens with zero attached hydrogens (tertiary/aromatic N) is 2. The van der Waals surface area contributed by atoms with Crippen LogP contribution < -0.4 is 16.0 Å². The lowest BCUT2D eigenvalue weighted by molar-refractivity contribution is 0.0654. The topological polar surface area (TPSA) is 124 Å². The van der Waals surface area contributed by atoms with Crippen LogP contribution in [0.5, 0.6) is 5.88 Å². The van der Waals surface area contributed by atoms with Crippen molar-refractivity contribution in [2.24, 2.45) is 0 Å². The molecule has 1 unspecified atom stereocenters. The summed E-state index contributed by atoms with van der Waals surface area (Å²) in [5.41, 5.74) is 2.19. The van der Waals surface area contributed by atoms with Gasteiger partial charge in [-0.15, -0.1) is 0 Å². The van der Waals surface area contributed by atoms with Crippen molar-refractivity contribution in [3.63, 3.8) is 0 Å². The molecule has 2 aliphatic rings. The van der Waals surface area contributed by atoms with Crippen molar-refractivity contribution in [3.05, 3.63) is 68.0 Å². The minimum Gasteiger partial charge on any atom is -0.471 e. The Morgan fingerprint density at radius 2 is 2.00 bits per heavy atom. The smallest absolute Gasteiger partial charge is 0.328 e. The Hall–Kier alpha value is -3.62. The molecule has 9 heteroatoms. The van der Waals surface area contributed by atoms with Crippen LogP contribution in [0.2, 0.25) is 0 Å². The Kier molecular flexibility index (Phi) is 4.53. The molecule has 1 aromatic carbocycles. The van der Waals surface area contributed by atoms with Gasteiger partial charge in [-0.1, -0.05) is 24.3 Å². The zero-order valence-corrected chi connectivity index (χ0v) is 17.2. The van der Waals surface area contributed by atoms with Crippen LogP contribution in [0.1, 0.15) is 40.9 Å². The molecule has 0 bridgehead atoms. The second-order valence-electron chi connectivity index (χ2n) is 8.31. The van der Waals surface area contributed by atoms with Gasteiger partial charge in [-0.05, 0) is 31.4 Å². The highest BCUT2D eigenvalue weighted by Gasteiger charge is 2.43. The van der Waals surface area contributed by atoms with E-state index in [1.165, 1.54) is 0 Å². The Balaban J connectivity index is 1.32. The Morgan fingerprint density at radius 1 is 1.16 bits per heavy atom. The van der Waals surface area contributed by atoms with Crippen LogP contribution in [-0.4, -0.2) is 49.7 Å². The highest BCUT2D eigenvalue weighted by atomic mass is 16.5. The highest BCUT2D eigenvalue weighted by molar-refractivity contribution is 5.93. The van der Waals surface area contributed by atoms with Crippen molar-refractivity contribution in [2.45, 2.75) is 38.2 Å². The number of rotatable bonds is 2. The van der Waals surface area contributed by atoms with E-state index in [9.17, 15) is 14.4 Å². The first-order valence-electron chi connectivity index (χ1n) is 10.4. The van der Waals surface area contributed by atoms with Crippen molar-refractivity contribution in [1.29, 1.82) is 0 Å². The van der Waals surface area contributed by atoms with Crippen molar-refractivity contribution < 1.29 is 9.53 Å². The van der Waals surface area contributed by atoms with Crippen molar-refractivity contribution in [1.82, 2.24) is 25.1 Å². The standard InChI is InChI=1S/C22H23N5O4/c1-13-5-2-3-6-14(13)16-11-17(26-25-16)20(29)27-9-4-7-22(8-10-27)12-15-18(28)23-21(30)24-19(15)31-22/h2-3,5-6,11H,4,7-10,12H2,1H3,(H,25,26)(H2,23,24,28,30). The average Bonchev–Trinajstić information content (AvgIpc) is 3.30. The fourth-order valence-corrected chi connectivity index (χ4v) is 4.56. The van der Waals surface area contributed by atoms with Gasteiger partial charge in [-0.2, -0.15) is 5.10 Å². The van der Waals surface area contributed by atoms with Crippen LogP contribution in [0, 0.1) is 6.92 Å². The molecule has 3 aromatic rings. The lowest BCUT2D eigenvalue weighted by atomic mass is 9.90. The van der Waals surface area contributed by atoms with E-state index < -0.39 is 16.9 Å². The second kappa shape index (κ2) is 7.26. The van der Waals surface area contributed by atoms with Crippen molar-refractivity contribution >= 4 is 5.91 Å². The van der Waals surface area contributed by atoms with Gasteiger partial charge in [0.05, 0.1) is 11.3 Å². The Labute approximate surface area is 177 Å². The van der Waals surface area contributed by atoms with Gasteiger partial charge in [0.15, 0.2) is 0 Å². The zero-order valence-electron chi connectivity index (χ0n) is 17.2. The number of aromatic amines is 3. The molecule has 2 aromatic heterocycles. The number of nitrogens with one attached hydrogen (secondary N) is 3. The molecule has 4 heterocycles. The Bertz CT molecular complexity index is 1270. The summed E-state index contributed by atoms with van der Waals surface area (Å²) >= 11 is 0. The number of aryl methyl sites for hydroxylation is 1. The summed E-state index contributed by atoms with van der Waals surface area (Å²) in [5.74, 6) is 0.149. The van der Waals surface area contributed by atoms with Crippen LogP contribution in [0.25, 0.3) is 11.3 Å². The number of fused-ring (bicyclic) bond motifs is 1. The molecule has 1 saturated heterocycles. The number of likely N-dealkylation sites (tertiary alicyclic amines) is 1. The molecule has 2 aliphatic heterocycles. The maximum Gasteiger partial charge on any atom is 0.328 e.